The van der Waals surface area contributed by atoms with E-state index in [1.807, 2.05) is 6.07 Å². The fourth-order valence-corrected chi connectivity index (χ4v) is 5.99. The summed E-state index contributed by atoms with van der Waals surface area (Å²) in [7, 11) is -2.07. The van der Waals surface area contributed by atoms with Crippen molar-refractivity contribution in [1.29, 1.82) is 0 Å². The molecule has 1 N–H and O–H groups in total. The van der Waals surface area contributed by atoms with Gasteiger partial charge in [0.05, 0.1) is 12.0 Å². The number of carbonyl (C=O) groups excluding carboxylic acids is 1. The number of sulfonamides is 1. The molecule has 0 spiro atoms. The number of benzene rings is 1. The van der Waals surface area contributed by atoms with E-state index in [1.165, 1.54) is 13.5 Å². The average molecular weight is 392 g/mol. The number of unbranched alkanes of at least 4 members (excludes halogenated alkanes) is 1. The summed E-state index contributed by atoms with van der Waals surface area (Å²) >= 11 is 0. The molecule has 0 heterocycles. The Hall–Kier alpha value is -1.66. The first-order chi connectivity index (χ1) is 13.0. The Morgan fingerprint density at radius 1 is 1.19 bits per heavy atom. The van der Waals surface area contributed by atoms with Crippen LogP contribution < -0.4 is 4.72 Å². The number of carbonyl (C=O) groups is 1. The minimum Gasteiger partial charge on any atom is -0.469 e. The van der Waals surface area contributed by atoms with Crippen LogP contribution in [-0.4, -0.2) is 27.5 Å². The number of rotatable bonds is 9. The summed E-state index contributed by atoms with van der Waals surface area (Å²) < 4.78 is 33.1. The van der Waals surface area contributed by atoms with E-state index in [0.29, 0.717) is 29.1 Å². The molecule has 5 nitrogen and oxygen atoms in total. The molecular weight excluding hydrogens is 362 g/mol. The molecule has 148 valence electrons. The second kappa shape index (κ2) is 9.02. The molecule has 0 aromatic heterocycles. The Morgan fingerprint density at radius 3 is 2.67 bits per heavy atom. The van der Waals surface area contributed by atoms with Crippen molar-refractivity contribution in [2.24, 2.45) is 17.8 Å². The largest absolute Gasteiger partial charge is 0.469 e. The minimum atomic E-state index is -3.48. The SMILES string of the molecule is COC(=O)CCCC=CCC1C(NS(=O)(=O)c2ccccc2)[C@H]2CC[C@H]1C2. The third-order valence-corrected chi connectivity index (χ3v) is 7.46. The second-order valence-corrected chi connectivity index (χ2v) is 9.35. The van der Waals surface area contributed by atoms with E-state index >= 15 is 0 Å². The van der Waals surface area contributed by atoms with Crippen molar-refractivity contribution in [2.45, 2.75) is 55.9 Å². The topological polar surface area (TPSA) is 72.5 Å². The number of nitrogens with one attached hydrogen (secondary N) is 1. The third kappa shape index (κ3) is 4.99. The Bertz CT molecular complexity index is 760. The number of hydrogen-bond donors (Lipinski definition) is 1. The van der Waals surface area contributed by atoms with E-state index in [2.05, 4.69) is 21.6 Å². The van der Waals surface area contributed by atoms with Crippen LogP contribution in [0.4, 0.5) is 0 Å². The number of ether oxygens (including phenoxy) is 1. The predicted octanol–water partition coefficient (Wildman–Crippen LogP) is 3.67. The van der Waals surface area contributed by atoms with Gasteiger partial charge < -0.3 is 4.74 Å². The Balaban J connectivity index is 1.57. The molecule has 2 fully saturated rings. The Kier molecular flexibility index (Phi) is 6.71. The van der Waals surface area contributed by atoms with Gasteiger partial charge in [0, 0.05) is 12.5 Å². The number of methoxy groups -OCH3 is 1. The first kappa shape index (κ1) is 20.1. The highest BCUT2D eigenvalue weighted by Gasteiger charge is 2.48. The van der Waals surface area contributed by atoms with Crippen LogP contribution in [0.2, 0.25) is 0 Å². The van der Waals surface area contributed by atoms with Crippen molar-refractivity contribution in [2.75, 3.05) is 7.11 Å². The van der Waals surface area contributed by atoms with E-state index < -0.39 is 10.0 Å². The number of allylic oxidation sites excluding steroid dienone is 2. The molecule has 2 aliphatic rings. The molecule has 0 saturated heterocycles. The lowest BCUT2D eigenvalue weighted by Crippen LogP contribution is -2.43. The van der Waals surface area contributed by atoms with Crippen molar-refractivity contribution in [3.05, 3.63) is 42.5 Å². The Morgan fingerprint density at radius 2 is 1.93 bits per heavy atom. The summed E-state index contributed by atoms with van der Waals surface area (Å²) in [5.41, 5.74) is 0. The maximum absolute atomic E-state index is 12.7. The first-order valence-corrected chi connectivity index (χ1v) is 11.3. The van der Waals surface area contributed by atoms with Gasteiger partial charge in [0.1, 0.15) is 0 Å². The fraction of sp³-hybridized carbons (Fsp3) is 0.571. The zero-order valence-corrected chi connectivity index (χ0v) is 16.7. The van der Waals surface area contributed by atoms with Crippen LogP contribution in [-0.2, 0) is 19.6 Å². The third-order valence-electron chi connectivity index (χ3n) is 5.99. The molecule has 6 heteroatoms. The van der Waals surface area contributed by atoms with E-state index in [4.69, 9.17) is 0 Å². The lowest BCUT2D eigenvalue weighted by Gasteiger charge is -2.31. The summed E-state index contributed by atoms with van der Waals surface area (Å²) in [5, 5.41) is 0. The highest BCUT2D eigenvalue weighted by Crippen LogP contribution is 2.50. The van der Waals surface area contributed by atoms with E-state index in [-0.39, 0.29) is 12.0 Å². The molecule has 1 aromatic rings. The van der Waals surface area contributed by atoms with Gasteiger partial charge in [-0.1, -0.05) is 30.4 Å². The van der Waals surface area contributed by atoms with Gasteiger partial charge in [-0.05, 0) is 68.4 Å². The summed E-state index contributed by atoms with van der Waals surface area (Å²) in [6, 6.07) is 8.64. The van der Waals surface area contributed by atoms with E-state index in [9.17, 15) is 13.2 Å². The molecule has 0 aliphatic heterocycles. The smallest absolute Gasteiger partial charge is 0.305 e. The van der Waals surface area contributed by atoms with Crippen LogP contribution in [0, 0.1) is 17.8 Å². The maximum Gasteiger partial charge on any atom is 0.305 e. The van der Waals surface area contributed by atoms with Gasteiger partial charge >= 0.3 is 5.97 Å². The number of fused-ring (bicyclic) bond motifs is 2. The summed E-state index contributed by atoms with van der Waals surface area (Å²) in [6.07, 6.45) is 10.7. The van der Waals surface area contributed by atoms with Crippen LogP contribution >= 0.6 is 0 Å². The van der Waals surface area contributed by atoms with E-state index in [1.54, 1.807) is 24.3 Å². The van der Waals surface area contributed by atoms with Gasteiger partial charge in [-0.15, -0.1) is 0 Å². The summed E-state index contributed by atoms with van der Waals surface area (Å²) in [5.74, 6) is 1.25. The van der Waals surface area contributed by atoms with Gasteiger partial charge in [-0.25, -0.2) is 13.1 Å². The van der Waals surface area contributed by atoms with Gasteiger partial charge in [0.15, 0.2) is 0 Å². The van der Waals surface area contributed by atoms with Crippen molar-refractivity contribution in [1.82, 2.24) is 4.72 Å². The molecule has 2 unspecified atom stereocenters. The van der Waals surface area contributed by atoms with Crippen molar-refractivity contribution in [3.8, 4) is 0 Å². The molecule has 4 atom stereocenters. The highest BCUT2D eigenvalue weighted by molar-refractivity contribution is 7.89. The first-order valence-electron chi connectivity index (χ1n) is 9.80. The molecule has 3 rings (SSSR count). The molecule has 0 radical (unpaired) electrons. The standard InChI is InChI=1S/C21H29NO4S/c1-26-20(23)12-8-3-2-7-11-19-16-13-14-17(15-16)21(19)22-27(24,25)18-9-5-4-6-10-18/h2,4-7,9-10,16-17,19,21-22H,3,8,11-15H2,1H3/t16-,17-,19?,21?/m0/s1. The zero-order chi connectivity index (χ0) is 19.3. The molecule has 2 aliphatic carbocycles. The van der Waals surface area contributed by atoms with E-state index in [0.717, 1.165) is 32.1 Å². The average Bonchev–Trinajstić information content (AvgIpc) is 3.27. The molecule has 0 amide bonds. The van der Waals surface area contributed by atoms with Crippen LogP contribution in [0.15, 0.2) is 47.4 Å². The Labute approximate surface area is 162 Å². The lowest BCUT2D eigenvalue weighted by atomic mass is 9.83. The molecular formula is C21H29NO4S. The molecule has 2 bridgehead atoms. The van der Waals surface area contributed by atoms with Crippen LogP contribution in [0.5, 0.6) is 0 Å². The highest BCUT2D eigenvalue weighted by atomic mass is 32.2. The van der Waals surface area contributed by atoms with Crippen molar-refractivity contribution in [3.63, 3.8) is 0 Å². The predicted molar refractivity (Wildman–Crippen MR) is 104 cm³/mol. The van der Waals surface area contributed by atoms with Gasteiger partial charge in [-0.3, -0.25) is 4.79 Å². The monoisotopic (exact) mass is 391 g/mol. The second-order valence-electron chi connectivity index (χ2n) is 7.63. The fourth-order valence-electron chi connectivity index (χ4n) is 4.62. The molecule has 1 aromatic carbocycles. The zero-order valence-electron chi connectivity index (χ0n) is 15.8. The lowest BCUT2D eigenvalue weighted by molar-refractivity contribution is -0.140. The van der Waals surface area contributed by atoms with Crippen LogP contribution in [0.1, 0.15) is 44.9 Å². The van der Waals surface area contributed by atoms with Gasteiger partial charge in [0.2, 0.25) is 10.0 Å². The number of esters is 1. The van der Waals surface area contributed by atoms with Crippen LogP contribution in [0.3, 0.4) is 0 Å². The maximum atomic E-state index is 12.7. The summed E-state index contributed by atoms with van der Waals surface area (Å²) in [4.78, 5) is 11.5. The van der Waals surface area contributed by atoms with Gasteiger partial charge in [0.25, 0.3) is 0 Å². The normalized spacial score (nSPS) is 27.3. The van der Waals surface area contributed by atoms with Gasteiger partial charge in [-0.2, -0.15) is 0 Å². The van der Waals surface area contributed by atoms with Crippen molar-refractivity contribution >= 4 is 16.0 Å². The minimum absolute atomic E-state index is 0.0219. The van der Waals surface area contributed by atoms with Crippen molar-refractivity contribution < 1.29 is 17.9 Å². The van der Waals surface area contributed by atoms with Crippen LogP contribution in [0.25, 0.3) is 0 Å². The summed E-state index contributed by atoms with van der Waals surface area (Å²) in [6.45, 7) is 0. The molecule has 2 saturated carbocycles. The molecule has 27 heavy (non-hydrogen) atoms. The quantitative estimate of drug-likeness (QED) is 0.396. The number of hydrogen-bond acceptors (Lipinski definition) is 4.